The minimum absolute atomic E-state index is 0.0177. The number of nitriles is 1. The van der Waals surface area contributed by atoms with E-state index in [1.807, 2.05) is 4.90 Å². The largest absolute Gasteiger partial charge is 0.419 e. The Labute approximate surface area is 198 Å². The van der Waals surface area contributed by atoms with Crippen LogP contribution in [-0.4, -0.2) is 50.5 Å². The second-order valence-electron chi connectivity index (χ2n) is 8.40. The molecular weight excluding hydrogens is 509 g/mol. The summed E-state index contributed by atoms with van der Waals surface area (Å²) in [7, 11) is 0. The highest BCUT2D eigenvalue weighted by molar-refractivity contribution is 9.09. The van der Waals surface area contributed by atoms with Gasteiger partial charge >= 0.3 is 6.18 Å². The third-order valence-corrected chi connectivity index (χ3v) is 6.85. The van der Waals surface area contributed by atoms with Crippen LogP contribution in [0.5, 0.6) is 0 Å². The van der Waals surface area contributed by atoms with Gasteiger partial charge in [0, 0.05) is 18.0 Å². The van der Waals surface area contributed by atoms with E-state index in [4.69, 9.17) is 22.2 Å². The molecule has 2 heterocycles. The molecule has 2 fully saturated rings. The molecule has 1 aliphatic heterocycles. The number of anilines is 1. The van der Waals surface area contributed by atoms with Gasteiger partial charge in [0.1, 0.15) is 11.6 Å². The molecule has 0 atom stereocenters. The summed E-state index contributed by atoms with van der Waals surface area (Å²) in [6.45, 7) is 4.14. The Hall–Kier alpha value is -1.77. The number of alkyl halides is 4. The Kier molecular flexibility index (Phi) is 7.47. The van der Waals surface area contributed by atoms with E-state index in [2.05, 4.69) is 20.9 Å². The summed E-state index contributed by atoms with van der Waals surface area (Å²) < 4.78 is 46.1. The van der Waals surface area contributed by atoms with E-state index in [0.29, 0.717) is 6.61 Å². The van der Waals surface area contributed by atoms with Crippen molar-refractivity contribution in [3.8, 4) is 6.07 Å². The van der Waals surface area contributed by atoms with E-state index in [1.165, 1.54) is 6.07 Å². The zero-order chi connectivity index (χ0) is 23.7. The molecular formula is C21H24BrF3N4O2S. The molecule has 1 aromatic heterocycles. The van der Waals surface area contributed by atoms with Gasteiger partial charge in [0.2, 0.25) is 0 Å². The molecule has 0 unspecified atom stereocenters. The van der Waals surface area contributed by atoms with Crippen molar-refractivity contribution in [3.63, 3.8) is 0 Å². The van der Waals surface area contributed by atoms with Gasteiger partial charge in [-0.05, 0) is 64.2 Å². The standard InChI is InChI=1S/C21H24BrF3N4O2S/c1-20(2)18(30)28(14-10-16(21(23,24)25)17(11-26)27-12-14)19(32)29(20)13-4-6-15(7-5-13)31-9-3-8-22/h10,12-13,15H,3-9H2,1-2H3. The average Bonchev–Trinajstić information content (AvgIpc) is 2.92. The SMILES string of the molecule is CC1(C)C(=O)N(c2cnc(C#N)c(C(F)(F)F)c2)C(=S)N1C1CCC(OCCCBr)CC1. The molecule has 1 aromatic rings. The topological polar surface area (TPSA) is 69.5 Å². The molecule has 1 aliphatic carbocycles. The van der Waals surface area contributed by atoms with Crippen LogP contribution >= 0.6 is 28.1 Å². The maximum Gasteiger partial charge on any atom is 0.419 e. The molecule has 0 aromatic carbocycles. The van der Waals surface area contributed by atoms with Crippen LogP contribution in [0.1, 0.15) is 57.2 Å². The van der Waals surface area contributed by atoms with Gasteiger partial charge in [-0.2, -0.15) is 18.4 Å². The first-order valence-corrected chi connectivity index (χ1v) is 11.9. The lowest BCUT2D eigenvalue weighted by atomic mass is 9.89. The lowest BCUT2D eigenvalue weighted by Crippen LogP contribution is -2.51. The molecule has 3 rings (SSSR count). The molecule has 0 N–H and O–H groups in total. The number of hydrogen-bond acceptors (Lipinski definition) is 5. The minimum atomic E-state index is -4.78. The van der Waals surface area contributed by atoms with E-state index < -0.39 is 28.9 Å². The van der Waals surface area contributed by atoms with Crippen molar-refractivity contribution < 1.29 is 22.7 Å². The molecule has 2 aliphatic rings. The first-order valence-electron chi connectivity index (χ1n) is 10.3. The number of amides is 1. The number of thiocarbonyl (C=S) groups is 1. The Bertz CT molecular complexity index is 927. The van der Waals surface area contributed by atoms with Crippen LogP contribution < -0.4 is 4.90 Å². The highest BCUT2D eigenvalue weighted by Gasteiger charge is 2.52. The maximum absolute atomic E-state index is 13.4. The van der Waals surface area contributed by atoms with Crippen molar-refractivity contribution in [2.45, 2.75) is 69.8 Å². The number of nitrogens with zero attached hydrogens (tertiary/aromatic N) is 4. The zero-order valence-electron chi connectivity index (χ0n) is 17.8. The van der Waals surface area contributed by atoms with Crippen molar-refractivity contribution >= 4 is 44.9 Å². The van der Waals surface area contributed by atoms with Gasteiger partial charge in [0.15, 0.2) is 10.8 Å². The number of rotatable bonds is 6. The third kappa shape index (κ3) is 4.77. The predicted molar refractivity (Wildman–Crippen MR) is 120 cm³/mol. The Morgan fingerprint density at radius 3 is 2.56 bits per heavy atom. The summed E-state index contributed by atoms with van der Waals surface area (Å²) >= 11 is 8.97. The van der Waals surface area contributed by atoms with Crippen LogP contribution in [-0.2, 0) is 15.7 Å². The third-order valence-electron chi connectivity index (χ3n) is 5.91. The summed E-state index contributed by atoms with van der Waals surface area (Å²) in [5.74, 6) is -0.419. The van der Waals surface area contributed by atoms with Gasteiger partial charge < -0.3 is 9.64 Å². The fourth-order valence-corrected chi connectivity index (χ4v) is 5.10. The molecule has 0 radical (unpaired) electrons. The fourth-order valence-electron chi connectivity index (χ4n) is 4.31. The van der Waals surface area contributed by atoms with E-state index in [-0.39, 0.29) is 22.9 Å². The molecule has 6 nitrogen and oxygen atoms in total. The molecule has 11 heteroatoms. The Morgan fingerprint density at radius 2 is 2.00 bits per heavy atom. The molecule has 0 spiro atoms. The van der Waals surface area contributed by atoms with E-state index in [0.717, 1.165) is 54.6 Å². The zero-order valence-corrected chi connectivity index (χ0v) is 20.2. The van der Waals surface area contributed by atoms with Crippen LogP contribution in [0.25, 0.3) is 0 Å². The van der Waals surface area contributed by atoms with Crippen molar-refractivity contribution in [1.29, 1.82) is 5.26 Å². The second kappa shape index (κ2) is 9.61. The number of halogens is 4. The van der Waals surface area contributed by atoms with Crippen LogP contribution in [0.2, 0.25) is 0 Å². The van der Waals surface area contributed by atoms with Gasteiger partial charge in [-0.25, -0.2) is 4.98 Å². The normalized spacial score (nSPS) is 23.5. The lowest BCUT2D eigenvalue weighted by Gasteiger charge is -2.40. The smallest absolute Gasteiger partial charge is 0.378 e. The van der Waals surface area contributed by atoms with Gasteiger partial charge in [0.25, 0.3) is 5.91 Å². The Balaban J connectivity index is 1.83. The summed E-state index contributed by atoms with van der Waals surface area (Å²) in [4.78, 5) is 19.8. The molecule has 1 amide bonds. The summed E-state index contributed by atoms with van der Waals surface area (Å²) in [5, 5.41) is 10.0. The first kappa shape index (κ1) is 24.9. The van der Waals surface area contributed by atoms with Crippen LogP contribution in [0, 0.1) is 11.3 Å². The Morgan fingerprint density at radius 1 is 1.34 bits per heavy atom. The number of pyridine rings is 1. The quantitative estimate of drug-likeness (QED) is 0.298. The summed E-state index contributed by atoms with van der Waals surface area (Å²) in [5.41, 5.74) is -3.04. The van der Waals surface area contributed by atoms with Gasteiger partial charge in [-0.3, -0.25) is 9.69 Å². The maximum atomic E-state index is 13.4. The number of hydrogen-bond donors (Lipinski definition) is 0. The van der Waals surface area contributed by atoms with Crippen molar-refractivity contribution in [2.75, 3.05) is 16.8 Å². The van der Waals surface area contributed by atoms with E-state index in [1.54, 1.807) is 13.8 Å². The van der Waals surface area contributed by atoms with Crippen molar-refractivity contribution in [2.24, 2.45) is 0 Å². The molecule has 174 valence electrons. The number of carbonyl (C=O) groups excluding carboxylic acids is 1. The first-order chi connectivity index (χ1) is 15.0. The summed E-state index contributed by atoms with van der Waals surface area (Å²) in [6.07, 6.45) is 0.596. The minimum Gasteiger partial charge on any atom is -0.378 e. The molecule has 32 heavy (non-hydrogen) atoms. The number of aromatic nitrogens is 1. The van der Waals surface area contributed by atoms with Gasteiger partial charge in [0.05, 0.1) is 23.6 Å². The van der Waals surface area contributed by atoms with E-state index in [9.17, 15) is 18.0 Å². The molecule has 1 saturated carbocycles. The van der Waals surface area contributed by atoms with Crippen molar-refractivity contribution in [3.05, 3.63) is 23.5 Å². The van der Waals surface area contributed by atoms with Crippen LogP contribution in [0.15, 0.2) is 12.3 Å². The monoisotopic (exact) mass is 532 g/mol. The number of carbonyl (C=O) groups is 1. The highest BCUT2D eigenvalue weighted by Crippen LogP contribution is 2.40. The van der Waals surface area contributed by atoms with Gasteiger partial charge in [-0.1, -0.05) is 15.9 Å². The second-order valence-corrected chi connectivity index (χ2v) is 9.55. The fraction of sp³-hybridized carbons (Fsp3) is 0.619. The molecule has 0 bridgehead atoms. The van der Waals surface area contributed by atoms with Crippen LogP contribution in [0.3, 0.4) is 0 Å². The van der Waals surface area contributed by atoms with Crippen LogP contribution in [0.4, 0.5) is 18.9 Å². The highest BCUT2D eigenvalue weighted by atomic mass is 79.9. The predicted octanol–water partition coefficient (Wildman–Crippen LogP) is 4.80. The van der Waals surface area contributed by atoms with Gasteiger partial charge in [-0.15, -0.1) is 0 Å². The van der Waals surface area contributed by atoms with E-state index >= 15 is 0 Å². The average molecular weight is 533 g/mol. The lowest BCUT2D eigenvalue weighted by molar-refractivity contribution is -0.138. The summed E-state index contributed by atoms with van der Waals surface area (Å²) in [6, 6.07) is 2.20. The molecule has 1 saturated heterocycles. The number of ether oxygens (including phenoxy) is 1. The van der Waals surface area contributed by atoms with Crippen molar-refractivity contribution in [1.82, 2.24) is 9.88 Å².